The molecule has 1 aromatic carbocycles. The molecule has 1 unspecified atom stereocenters. The molecule has 3 rings (SSSR count). The van der Waals surface area contributed by atoms with Crippen LogP contribution in [-0.2, 0) is 20.9 Å². The minimum atomic E-state index is -0.904. The SMILES string of the molecule is COCCn1cc(N2C(=O)C(O)=C(C(=O)C(C)C)C2c2ccc(Cl)cc2C)cc(Cl)c1=O. The van der Waals surface area contributed by atoms with Crippen molar-refractivity contribution < 1.29 is 19.4 Å². The molecule has 32 heavy (non-hydrogen) atoms. The maximum atomic E-state index is 13.2. The maximum absolute atomic E-state index is 13.2. The smallest absolute Gasteiger partial charge is 0.294 e. The molecular weight excluding hydrogens is 455 g/mol. The number of aryl methyl sites for hydroxylation is 1. The zero-order valence-electron chi connectivity index (χ0n) is 18.2. The Kier molecular flexibility index (Phi) is 7.12. The fraction of sp³-hybridized carbons (Fsp3) is 0.348. The maximum Gasteiger partial charge on any atom is 0.294 e. The van der Waals surface area contributed by atoms with Crippen LogP contribution in [-0.4, -0.2) is 35.1 Å². The summed E-state index contributed by atoms with van der Waals surface area (Å²) >= 11 is 12.3. The van der Waals surface area contributed by atoms with Gasteiger partial charge in [-0.25, -0.2) is 0 Å². The van der Waals surface area contributed by atoms with Crippen LogP contribution in [0.15, 0.2) is 46.6 Å². The third kappa shape index (κ3) is 4.33. The number of Topliss-reactive ketones (excluding diaryl/α,β-unsaturated/α-hetero) is 1. The Balaban J connectivity index is 2.25. The van der Waals surface area contributed by atoms with E-state index in [1.54, 1.807) is 32.0 Å². The van der Waals surface area contributed by atoms with Crippen LogP contribution in [0.2, 0.25) is 10.0 Å². The summed E-state index contributed by atoms with van der Waals surface area (Å²) in [6.07, 6.45) is 1.47. The van der Waals surface area contributed by atoms with Gasteiger partial charge in [-0.3, -0.25) is 19.3 Å². The van der Waals surface area contributed by atoms with Gasteiger partial charge >= 0.3 is 0 Å². The standard InChI is InChI=1S/C23H24Cl2N2O5/c1-12(2)20(28)18-19(16-6-5-14(24)9-13(16)3)27(23(31)21(18)29)15-10-17(25)22(30)26(11-15)7-8-32-4/h5-6,9-12,19,29H,7-8H2,1-4H3. The number of ether oxygens (including phenoxy) is 1. The second kappa shape index (κ2) is 9.48. The summed E-state index contributed by atoms with van der Waals surface area (Å²) in [6.45, 7) is 5.68. The molecule has 2 aromatic rings. The molecule has 0 saturated carbocycles. The van der Waals surface area contributed by atoms with E-state index in [1.165, 1.54) is 28.8 Å². The number of hydrogen-bond acceptors (Lipinski definition) is 5. The molecule has 1 aliphatic rings. The third-order valence-corrected chi connectivity index (χ3v) is 5.87. The number of anilines is 1. The van der Waals surface area contributed by atoms with Gasteiger partial charge in [-0.1, -0.05) is 43.1 Å². The highest BCUT2D eigenvalue weighted by molar-refractivity contribution is 6.31. The Morgan fingerprint density at radius 3 is 2.50 bits per heavy atom. The van der Waals surface area contributed by atoms with E-state index in [0.717, 1.165) is 5.56 Å². The highest BCUT2D eigenvalue weighted by Gasteiger charge is 2.45. The molecule has 0 bridgehead atoms. The first-order chi connectivity index (χ1) is 15.1. The molecule has 0 spiro atoms. The minimum absolute atomic E-state index is 0.00110. The van der Waals surface area contributed by atoms with Crippen molar-refractivity contribution in [3.05, 3.63) is 73.3 Å². The van der Waals surface area contributed by atoms with Gasteiger partial charge < -0.3 is 14.4 Å². The van der Waals surface area contributed by atoms with E-state index in [4.69, 9.17) is 27.9 Å². The molecule has 1 amide bonds. The molecule has 1 aromatic heterocycles. The number of carbonyl (C=O) groups excluding carboxylic acids is 2. The normalized spacial score (nSPS) is 16.4. The van der Waals surface area contributed by atoms with Crippen molar-refractivity contribution in [2.24, 2.45) is 5.92 Å². The summed E-state index contributed by atoms with van der Waals surface area (Å²) in [6, 6.07) is 5.56. The van der Waals surface area contributed by atoms with E-state index in [-0.39, 0.29) is 35.2 Å². The van der Waals surface area contributed by atoms with Gasteiger partial charge in [0.15, 0.2) is 11.5 Å². The summed E-state index contributed by atoms with van der Waals surface area (Å²) < 4.78 is 6.38. The lowest BCUT2D eigenvalue weighted by atomic mass is 9.89. The Hall–Kier alpha value is -2.61. The van der Waals surface area contributed by atoms with Crippen LogP contribution in [0.25, 0.3) is 0 Å². The van der Waals surface area contributed by atoms with E-state index in [1.807, 2.05) is 6.92 Å². The van der Waals surface area contributed by atoms with Crippen LogP contribution < -0.4 is 10.5 Å². The van der Waals surface area contributed by atoms with Crippen molar-refractivity contribution in [1.82, 2.24) is 4.57 Å². The van der Waals surface area contributed by atoms with E-state index in [2.05, 4.69) is 0 Å². The first kappa shape index (κ1) is 24.0. The van der Waals surface area contributed by atoms with E-state index in [9.17, 15) is 19.5 Å². The molecule has 9 heteroatoms. The van der Waals surface area contributed by atoms with Crippen molar-refractivity contribution in [2.45, 2.75) is 33.4 Å². The van der Waals surface area contributed by atoms with Gasteiger partial charge in [0, 0.05) is 30.8 Å². The largest absolute Gasteiger partial charge is 0.503 e. The number of nitrogens with zero attached hydrogens (tertiary/aromatic N) is 2. The predicted octanol–water partition coefficient (Wildman–Crippen LogP) is 4.24. The topological polar surface area (TPSA) is 88.8 Å². The summed E-state index contributed by atoms with van der Waals surface area (Å²) in [5.41, 5.74) is 1.20. The average Bonchev–Trinajstić information content (AvgIpc) is 2.99. The lowest BCUT2D eigenvalue weighted by molar-refractivity contribution is -0.119. The van der Waals surface area contributed by atoms with Gasteiger partial charge in [-0.05, 0) is 36.2 Å². The summed E-state index contributed by atoms with van der Waals surface area (Å²) in [5.74, 6) is -2.17. The molecule has 1 N–H and O–H groups in total. The van der Waals surface area contributed by atoms with Gasteiger partial charge in [0.1, 0.15) is 5.02 Å². The molecule has 0 aliphatic carbocycles. The highest BCUT2D eigenvalue weighted by atomic mass is 35.5. The molecule has 1 aliphatic heterocycles. The minimum Gasteiger partial charge on any atom is -0.503 e. The molecule has 1 atom stereocenters. The molecule has 0 saturated heterocycles. The zero-order chi connectivity index (χ0) is 23.7. The van der Waals surface area contributed by atoms with Gasteiger partial charge in [-0.2, -0.15) is 0 Å². The highest BCUT2D eigenvalue weighted by Crippen LogP contribution is 2.43. The van der Waals surface area contributed by atoms with Gasteiger partial charge in [0.05, 0.1) is 23.9 Å². The lowest BCUT2D eigenvalue weighted by Gasteiger charge is -2.29. The fourth-order valence-electron chi connectivity index (χ4n) is 3.75. The Bertz CT molecular complexity index is 1170. The summed E-state index contributed by atoms with van der Waals surface area (Å²) in [4.78, 5) is 40.0. The van der Waals surface area contributed by atoms with E-state index in [0.29, 0.717) is 10.6 Å². The first-order valence-corrected chi connectivity index (χ1v) is 10.8. The van der Waals surface area contributed by atoms with Crippen LogP contribution in [0.3, 0.4) is 0 Å². The average molecular weight is 479 g/mol. The molecule has 0 fully saturated rings. The zero-order valence-corrected chi connectivity index (χ0v) is 19.7. The quantitative estimate of drug-likeness (QED) is 0.642. The van der Waals surface area contributed by atoms with Crippen molar-refractivity contribution in [1.29, 1.82) is 0 Å². The van der Waals surface area contributed by atoms with Gasteiger partial charge in [0.2, 0.25) is 0 Å². The number of carbonyl (C=O) groups is 2. The number of pyridine rings is 1. The summed E-state index contributed by atoms with van der Waals surface area (Å²) in [5, 5.41) is 11.1. The number of aliphatic hydroxyl groups excluding tert-OH is 1. The molecule has 7 nitrogen and oxygen atoms in total. The number of hydrogen-bond donors (Lipinski definition) is 1. The number of aromatic nitrogens is 1. The Morgan fingerprint density at radius 1 is 1.22 bits per heavy atom. The number of rotatable bonds is 7. The van der Waals surface area contributed by atoms with Crippen molar-refractivity contribution >= 4 is 40.6 Å². The monoisotopic (exact) mass is 478 g/mol. The predicted molar refractivity (Wildman–Crippen MR) is 124 cm³/mol. The van der Waals surface area contributed by atoms with E-state index >= 15 is 0 Å². The van der Waals surface area contributed by atoms with Crippen molar-refractivity contribution in [3.8, 4) is 0 Å². The number of amides is 1. The van der Waals surface area contributed by atoms with Crippen LogP contribution in [0, 0.1) is 12.8 Å². The van der Waals surface area contributed by atoms with Gasteiger partial charge in [0.25, 0.3) is 11.5 Å². The van der Waals surface area contributed by atoms with Crippen LogP contribution in [0.4, 0.5) is 5.69 Å². The van der Waals surface area contributed by atoms with Crippen molar-refractivity contribution in [3.63, 3.8) is 0 Å². The fourth-order valence-corrected chi connectivity index (χ4v) is 4.19. The molecule has 0 radical (unpaired) electrons. The third-order valence-electron chi connectivity index (χ3n) is 5.37. The number of benzene rings is 1. The number of halogens is 2. The number of methoxy groups -OCH3 is 1. The second-order valence-corrected chi connectivity index (χ2v) is 8.74. The van der Waals surface area contributed by atoms with Crippen LogP contribution in [0.5, 0.6) is 0 Å². The van der Waals surface area contributed by atoms with Gasteiger partial charge in [-0.15, -0.1) is 0 Å². The second-order valence-electron chi connectivity index (χ2n) is 7.90. The number of aliphatic hydroxyl groups is 1. The first-order valence-electron chi connectivity index (χ1n) is 10.0. The Morgan fingerprint density at radius 2 is 1.91 bits per heavy atom. The van der Waals surface area contributed by atoms with Crippen LogP contribution >= 0.6 is 23.2 Å². The molecular formula is C23H24Cl2N2O5. The van der Waals surface area contributed by atoms with E-state index < -0.39 is 29.2 Å². The Labute approximate surface area is 195 Å². The molecule has 170 valence electrons. The van der Waals surface area contributed by atoms with Crippen molar-refractivity contribution in [2.75, 3.05) is 18.6 Å². The summed E-state index contributed by atoms with van der Waals surface area (Å²) in [7, 11) is 1.51. The van der Waals surface area contributed by atoms with Crippen LogP contribution in [0.1, 0.15) is 31.0 Å². The molecule has 2 heterocycles. The number of ketones is 1. The lowest BCUT2D eigenvalue weighted by Crippen LogP contribution is -2.33.